The number of guanidine groups is 1. The molecule has 0 aliphatic rings. The van der Waals surface area contributed by atoms with Crippen LogP contribution in [0.3, 0.4) is 0 Å². The highest BCUT2D eigenvalue weighted by Crippen LogP contribution is 2.39. The van der Waals surface area contributed by atoms with Crippen molar-refractivity contribution in [1.29, 1.82) is 0 Å². The Hall–Kier alpha value is -2.56. The van der Waals surface area contributed by atoms with Gasteiger partial charge in [-0.05, 0) is 38.5 Å². The van der Waals surface area contributed by atoms with Gasteiger partial charge in [0.1, 0.15) is 17.6 Å². The van der Waals surface area contributed by atoms with Crippen molar-refractivity contribution in [3.8, 4) is 28.7 Å². The Balaban J connectivity index is 0.00000544. The van der Waals surface area contributed by atoms with Gasteiger partial charge < -0.3 is 34.3 Å². The summed E-state index contributed by atoms with van der Waals surface area (Å²) in [6.07, 6.45) is 0.632. The Morgan fingerprint density at radius 1 is 0.909 bits per heavy atom. The fourth-order valence-corrected chi connectivity index (χ4v) is 3.18. The summed E-state index contributed by atoms with van der Waals surface area (Å²) < 4.78 is 27.6. The van der Waals surface area contributed by atoms with Crippen LogP contribution in [-0.2, 0) is 6.42 Å². The molecule has 2 rings (SSSR count). The molecule has 1 atom stereocenters. The van der Waals surface area contributed by atoms with Crippen molar-refractivity contribution in [2.75, 3.05) is 48.1 Å². The first-order valence-electron chi connectivity index (χ1n) is 10.7. The number of hydrogen-bond acceptors (Lipinski definition) is 6. The summed E-state index contributed by atoms with van der Waals surface area (Å²) in [5.41, 5.74) is 1.02. The van der Waals surface area contributed by atoms with Crippen LogP contribution in [-0.4, -0.2) is 60.1 Å². The minimum absolute atomic E-state index is 0. The van der Waals surface area contributed by atoms with Crippen LogP contribution in [0.1, 0.15) is 19.4 Å². The van der Waals surface area contributed by atoms with E-state index in [0.29, 0.717) is 30.3 Å². The van der Waals surface area contributed by atoms with Crippen molar-refractivity contribution < 1.29 is 23.7 Å². The summed E-state index contributed by atoms with van der Waals surface area (Å²) in [5.74, 6) is 4.16. The minimum Gasteiger partial charge on any atom is -0.497 e. The maximum absolute atomic E-state index is 5.95. The summed E-state index contributed by atoms with van der Waals surface area (Å²) in [7, 11) is 6.48. The zero-order chi connectivity index (χ0) is 23.3. The number of hydrogen-bond donors (Lipinski definition) is 2. The van der Waals surface area contributed by atoms with Gasteiger partial charge in [-0.3, -0.25) is 0 Å². The predicted molar refractivity (Wildman–Crippen MR) is 142 cm³/mol. The number of aliphatic imine (C=N–C) groups is 1. The summed E-state index contributed by atoms with van der Waals surface area (Å²) in [6.45, 7) is 5.96. The second kappa shape index (κ2) is 15.3. The van der Waals surface area contributed by atoms with Gasteiger partial charge in [0.25, 0.3) is 0 Å². The molecule has 0 saturated heterocycles. The monoisotopic (exact) mass is 573 g/mol. The highest BCUT2D eigenvalue weighted by atomic mass is 127. The SMILES string of the molecule is CCNC(=NCC(C)Oc1cccc(OC)c1)NCCc1ccc(OC)c(OC)c1OC.I. The van der Waals surface area contributed by atoms with Gasteiger partial charge in [-0.25, -0.2) is 4.99 Å². The number of ether oxygens (including phenoxy) is 5. The lowest BCUT2D eigenvalue weighted by atomic mass is 10.1. The number of benzene rings is 2. The maximum atomic E-state index is 5.95. The number of halogens is 1. The molecule has 33 heavy (non-hydrogen) atoms. The first-order chi connectivity index (χ1) is 15.6. The van der Waals surface area contributed by atoms with Gasteiger partial charge in [0, 0.05) is 24.7 Å². The van der Waals surface area contributed by atoms with E-state index >= 15 is 0 Å². The Kier molecular flexibility index (Phi) is 13.2. The standard InChI is InChI=1S/C24H35N3O5.HI/c1-7-25-24(27-16-17(2)32-20-10-8-9-19(15-20)28-3)26-14-13-18-11-12-21(29-4)23(31-6)22(18)30-5;/h8-12,15,17H,7,13-14,16H2,1-6H3,(H2,25,26,27);1H. The van der Waals surface area contributed by atoms with E-state index in [1.165, 1.54) is 0 Å². The number of methoxy groups -OCH3 is 4. The topological polar surface area (TPSA) is 82.6 Å². The lowest BCUT2D eigenvalue weighted by Crippen LogP contribution is -2.39. The van der Waals surface area contributed by atoms with Crippen LogP contribution in [0.4, 0.5) is 0 Å². The lowest BCUT2D eigenvalue weighted by Gasteiger charge is -2.17. The molecule has 9 heteroatoms. The van der Waals surface area contributed by atoms with Crippen molar-refractivity contribution in [1.82, 2.24) is 10.6 Å². The van der Waals surface area contributed by atoms with Gasteiger partial charge in [0.2, 0.25) is 5.75 Å². The third-order valence-corrected chi connectivity index (χ3v) is 4.70. The molecule has 0 bridgehead atoms. The third kappa shape index (κ3) is 8.71. The average molecular weight is 573 g/mol. The van der Waals surface area contributed by atoms with E-state index in [1.54, 1.807) is 28.4 Å². The first-order valence-corrected chi connectivity index (χ1v) is 10.7. The Morgan fingerprint density at radius 3 is 2.27 bits per heavy atom. The Labute approximate surface area is 214 Å². The van der Waals surface area contributed by atoms with Gasteiger partial charge in [0.15, 0.2) is 17.5 Å². The Morgan fingerprint density at radius 2 is 1.64 bits per heavy atom. The molecule has 0 spiro atoms. The third-order valence-electron chi connectivity index (χ3n) is 4.70. The van der Waals surface area contributed by atoms with Crippen molar-refractivity contribution in [3.63, 3.8) is 0 Å². The number of rotatable bonds is 12. The predicted octanol–water partition coefficient (Wildman–Crippen LogP) is 3.90. The number of nitrogens with one attached hydrogen (secondary N) is 2. The molecule has 1 unspecified atom stereocenters. The largest absolute Gasteiger partial charge is 0.497 e. The summed E-state index contributed by atoms with van der Waals surface area (Å²) in [4.78, 5) is 4.65. The zero-order valence-electron chi connectivity index (χ0n) is 20.3. The maximum Gasteiger partial charge on any atom is 0.203 e. The quantitative estimate of drug-likeness (QED) is 0.227. The number of nitrogens with zero attached hydrogens (tertiary/aromatic N) is 1. The second-order valence-corrected chi connectivity index (χ2v) is 7.00. The van der Waals surface area contributed by atoms with E-state index in [4.69, 9.17) is 23.7 Å². The molecule has 0 saturated carbocycles. The molecule has 2 aromatic carbocycles. The van der Waals surface area contributed by atoms with Gasteiger partial charge >= 0.3 is 0 Å². The molecule has 2 N–H and O–H groups in total. The van der Waals surface area contributed by atoms with Crippen molar-refractivity contribution in [2.45, 2.75) is 26.4 Å². The molecule has 0 heterocycles. The van der Waals surface area contributed by atoms with E-state index in [0.717, 1.165) is 36.0 Å². The molecule has 184 valence electrons. The van der Waals surface area contributed by atoms with Gasteiger partial charge in [0.05, 0.1) is 35.0 Å². The van der Waals surface area contributed by atoms with Crippen molar-refractivity contribution in [2.24, 2.45) is 4.99 Å². The minimum atomic E-state index is -0.0940. The van der Waals surface area contributed by atoms with Crippen LogP contribution in [0.2, 0.25) is 0 Å². The van der Waals surface area contributed by atoms with Crippen LogP contribution in [0.5, 0.6) is 28.7 Å². The van der Waals surface area contributed by atoms with Crippen LogP contribution in [0.25, 0.3) is 0 Å². The van der Waals surface area contributed by atoms with E-state index in [-0.39, 0.29) is 30.1 Å². The van der Waals surface area contributed by atoms with E-state index < -0.39 is 0 Å². The van der Waals surface area contributed by atoms with Gasteiger partial charge in [-0.2, -0.15) is 0 Å². The normalized spacial score (nSPS) is 11.6. The smallest absolute Gasteiger partial charge is 0.203 e. The fourth-order valence-electron chi connectivity index (χ4n) is 3.18. The average Bonchev–Trinajstić information content (AvgIpc) is 2.81. The fraction of sp³-hybridized carbons (Fsp3) is 0.458. The first kappa shape index (κ1) is 28.5. The summed E-state index contributed by atoms with van der Waals surface area (Å²) in [6, 6.07) is 11.4. The highest BCUT2D eigenvalue weighted by molar-refractivity contribution is 14.0. The van der Waals surface area contributed by atoms with E-state index in [1.807, 2.05) is 50.2 Å². The molecule has 0 aliphatic heterocycles. The van der Waals surface area contributed by atoms with Crippen molar-refractivity contribution >= 4 is 29.9 Å². The molecule has 0 fully saturated rings. The van der Waals surface area contributed by atoms with Gasteiger partial charge in [-0.15, -0.1) is 24.0 Å². The second-order valence-electron chi connectivity index (χ2n) is 7.00. The Bertz CT molecular complexity index is 879. The molecule has 8 nitrogen and oxygen atoms in total. The van der Waals surface area contributed by atoms with Gasteiger partial charge in [-0.1, -0.05) is 12.1 Å². The molecule has 0 aromatic heterocycles. The molecule has 0 radical (unpaired) electrons. The van der Waals surface area contributed by atoms with Crippen LogP contribution >= 0.6 is 24.0 Å². The van der Waals surface area contributed by atoms with Crippen molar-refractivity contribution in [3.05, 3.63) is 42.0 Å². The summed E-state index contributed by atoms with van der Waals surface area (Å²) >= 11 is 0. The molecule has 2 aromatic rings. The van der Waals surface area contributed by atoms with E-state index in [2.05, 4.69) is 15.6 Å². The zero-order valence-corrected chi connectivity index (χ0v) is 22.6. The molecular weight excluding hydrogens is 537 g/mol. The van der Waals surface area contributed by atoms with Crippen LogP contribution in [0, 0.1) is 0 Å². The molecular formula is C24H36IN3O5. The van der Waals surface area contributed by atoms with E-state index in [9.17, 15) is 0 Å². The van der Waals surface area contributed by atoms with Crippen LogP contribution in [0.15, 0.2) is 41.4 Å². The highest BCUT2D eigenvalue weighted by Gasteiger charge is 2.15. The molecule has 0 amide bonds. The lowest BCUT2D eigenvalue weighted by molar-refractivity contribution is 0.229. The molecule has 0 aliphatic carbocycles. The summed E-state index contributed by atoms with van der Waals surface area (Å²) in [5, 5.41) is 6.62. The van der Waals surface area contributed by atoms with Crippen LogP contribution < -0.4 is 34.3 Å².